The normalized spacial score (nSPS) is 13.8. The summed E-state index contributed by atoms with van der Waals surface area (Å²) in [6.07, 6.45) is 1.60. The number of thiocarbonyl (C=S) groups is 1. The first kappa shape index (κ1) is 21.9. The molecule has 1 N–H and O–H groups in total. The standard InChI is InChI=1S/C23H28N6O2S/c1-27(2)17-7-5-16(6-8-17)26-23(32)29-11-9-28(10-12-29)22-18-13-20(30-3)21(31-4)14-19(18)24-15-25-22/h5-8,13-15H,9-12H2,1-4H3,(H,26,32). The van der Waals surface area contributed by atoms with Gasteiger partial charge in [-0.3, -0.25) is 0 Å². The van der Waals surface area contributed by atoms with Crippen molar-refractivity contribution in [3.05, 3.63) is 42.7 Å². The lowest BCUT2D eigenvalue weighted by Gasteiger charge is -2.37. The fourth-order valence-corrected chi connectivity index (χ4v) is 4.09. The summed E-state index contributed by atoms with van der Waals surface area (Å²) >= 11 is 5.66. The zero-order valence-corrected chi connectivity index (χ0v) is 19.6. The molecule has 8 nitrogen and oxygen atoms in total. The molecule has 168 valence electrons. The van der Waals surface area contributed by atoms with E-state index in [9.17, 15) is 0 Å². The predicted octanol–water partition coefficient (Wildman–Crippen LogP) is 3.23. The lowest BCUT2D eigenvalue weighted by atomic mass is 10.2. The van der Waals surface area contributed by atoms with Crippen LogP contribution in [0, 0.1) is 0 Å². The number of benzene rings is 2. The summed E-state index contributed by atoms with van der Waals surface area (Å²) in [5.74, 6) is 2.22. The van der Waals surface area contributed by atoms with E-state index < -0.39 is 0 Å². The van der Waals surface area contributed by atoms with Gasteiger partial charge in [0.25, 0.3) is 0 Å². The molecular formula is C23H28N6O2S. The summed E-state index contributed by atoms with van der Waals surface area (Å²) < 4.78 is 10.9. The van der Waals surface area contributed by atoms with Crippen LogP contribution in [0.4, 0.5) is 17.2 Å². The van der Waals surface area contributed by atoms with Crippen molar-refractivity contribution < 1.29 is 9.47 Å². The highest BCUT2D eigenvalue weighted by Gasteiger charge is 2.22. The molecule has 9 heteroatoms. The van der Waals surface area contributed by atoms with Gasteiger partial charge in [0.1, 0.15) is 12.1 Å². The molecule has 0 atom stereocenters. The van der Waals surface area contributed by atoms with Crippen molar-refractivity contribution in [2.75, 3.05) is 69.6 Å². The summed E-state index contributed by atoms with van der Waals surface area (Å²) in [6, 6.07) is 12.1. The molecule has 32 heavy (non-hydrogen) atoms. The number of nitrogens with zero attached hydrogens (tertiary/aromatic N) is 5. The summed E-state index contributed by atoms with van der Waals surface area (Å²) in [7, 11) is 7.31. The molecule has 1 aromatic heterocycles. The number of methoxy groups -OCH3 is 2. The fourth-order valence-electron chi connectivity index (χ4n) is 3.79. The van der Waals surface area contributed by atoms with Crippen molar-refractivity contribution in [1.82, 2.24) is 14.9 Å². The molecule has 2 heterocycles. The van der Waals surface area contributed by atoms with Crippen LogP contribution in [0.3, 0.4) is 0 Å². The average Bonchev–Trinajstić information content (AvgIpc) is 2.83. The van der Waals surface area contributed by atoms with Gasteiger partial charge in [-0.05, 0) is 42.5 Å². The van der Waals surface area contributed by atoms with Crippen LogP contribution in [0.15, 0.2) is 42.7 Å². The molecular weight excluding hydrogens is 424 g/mol. The first-order chi connectivity index (χ1) is 15.5. The van der Waals surface area contributed by atoms with E-state index in [1.165, 1.54) is 0 Å². The molecule has 1 aliphatic rings. The number of rotatable bonds is 5. The average molecular weight is 453 g/mol. The lowest BCUT2D eigenvalue weighted by molar-refractivity contribution is 0.355. The smallest absolute Gasteiger partial charge is 0.173 e. The third kappa shape index (κ3) is 4.47. The number of aromatic nitrogens is 2. The number of piperazine rings is 1. The van der Waals surface area contributed by atoms with Crippen LogP contribution in [0.5, 0.6) is 11.5 Å². The Hall–Kier alpha value is -3.33. The highest BCUT2D eigenvalue weighted by atomic mass is 32.1. The maximum absolute atomic E-state index is 5.66. The van der Waals surface area contributed by atoms with Crippen LogP contribution in [-0.4, -0.2) is 74.5 Å². The number of ether oxygens (including phenoxy) is 2. The molecule has 1 fully saturated rings. The van der Waals surface area contributed by atoms with Gasteiger partial charge in [0.05, 0.1) is 19.7 Å². The van der Waals surface area contributed by atoms with E-state index in [1.807, 2.05) is 38.4 Å². The van der Waals surface area contributed by atoms with Crippen molar-refractivity contribution in [1.29, 1.82) is 0 Å². The number of hydrogen-bond donors (Lipinski definition) is 1. The summed E-state index contributed by atoms with van der Waals surface area (Å²) in [5.41, 5.74) is 2.97. The SMILES string of the molecule is COc1cc2ncnc(N3CCN(C(=S)Nc4ccc(N(C)C)cc4)CC3)c2cc1OC. The largest absolute Gasteiger partial charge is 0.493 e. The van der Waals surface area contributed by atoms with Crippen LogP contribution in [0.2, 0.25) is 0 Å². The minimum absolute atomic E-state index is 0.657. The maximum Gasteiger partial charge on any atom is 0.173 e. The monoisotopic (exact) mass is 452 g/mol. The Morgan fingerprint density at radius 3 is 2.25 bits per heavy atom. The molecule has 0 aliphatic carbocycles. The predicted molar refractivity (Wildman–Crippen MR) is 133 cm³/mol. The molecule has 0 bridgehead atoms. The Labute approximate surface area is 193 Å². The van der Waals surface area contributed by atoms with Crippen LogP contribution < -0.4 is 24.6 Å². The van der Waals surface area contributed by atoms with Gasteiger partial charge in [-0.1, -0.05) is 0 Å². The zero-order valence-electron chi connectivity index (χ0n) is 18.8. The van der Waals surface area contributed by atoms with Gasteiger partial charge in [-0.25, -0.2) is 9.97 Å². The molecule has 0 amide bonds. The van der Waals surface area contributed by atoms with Gasteiger partial charge in [-0.2, -0.15) is 0 Å². The lowest BCUT2D eigenvalue weighted by Crippen LogP contribution is -2.50. The number of anilines is 3. The quantitative estimate of drug-likeness (QED) is 0.588. The number of nitrogens with one attached hydrogen (secondary N) is 1. The molecule has 1 aliphatic heterocycles. The van der Waals surface area contributed by atoms with E-state index in [4.69, 9.17) is 21.7 Å². The molecule has 1 saturated heterocycles. The fraction of sp³-hybridized carbons (Fsp3) is 0.348. The van der Waals surface area contributed by atoms with Gasteiger partial charge in [0.2, 0.25) is 0 Å². The second-order valence-corrected chi connectivity index (χ2v) is 8.15. The second-order valence-electron chi connectivity index (χ2n) is 7.77. The van der Waals surface area contributed by atoms with Crippen LogP contribution in [0.25, 0.3) is 10.9 Å². The summed E-state index contributed by atoms with van der Waals surface area (Å²) in [4.78, 5) is 15.5. The third-order valence-electron chi connectivity index (χ3n) is 5.62. The van der Waals surface area contributed by atoms with E-state index in [1.54, 1.807) is 20.5 Å². The first-order valence-corrected chi connectivity index (χ1v) is 10.9. The Kier molecular flexibility index (Phi) is 6.45. The first-order valence-electron chi connectivity index (χ1n) is 10.4. The molecule has 0 spiro atoms. The van der Waals surface area contributed by atoms with Crippen molar-refractivity contribution in [3.8, 4) is 11.5 Å². The third-order valence-corrected chi connectivity index (χ3v) is 5.98. The molecule has 0 saturated carbocycles. The topological polar surface area (TPSA) is 66.0 Å². The van der Waals surface area contributed by atoms with Crippen LogP contribution in [0.1, 0.15) is 0 Å². The van der Waals surface area contributed by atoms with Gasteiger partial charge in [-0.15, -0.1) is 0 Å². The minimum Gasteiger partial charge on any atom is -0.493 e. The summed E-state index contributed by atoms with van der Waals surface area (Å²) in [6.45, 7) is 3.23. The summed E-state index contributed by atoms with van der Waals surface area (Å²) in [5, 5.41) is 5.04. The van der Waals surface area contributed by atoms with E-state index in [0.29, 0.717) is 11.5 Å². The zero-order chi connectivity index (χ0) is 22.7. The van der Waals surface area contributed by atoms with Crippen LogP contribution in [-0.2, 0) is 0 Å². The molecule has 4 rings (SSSR count). The number of hydrogen-bond acceptors (Lipinski definition) is 7. The Balaban J connectivity index is 1.44. The molecule has 0 radical (unpaired) electrons. The molecule has 0 unspecified atom stereocenters. The van der Waals surface area contributed by atoms with Gasteiger partial charge < -0.3 is 29.5 Å². The van der Waals surface area contributed by atoms with Gasteiger partial charge in [0, 0.05) is 63.1 Å². The highest BCUT2D eigenvalue weighted by molar-refractivity contribution is 7.80. The Morgan fingerprint density at radius 2 is 1.62 bits per heavy atom. The van der Waals surface area contributed by atoms with Gasteiger partial charge >= 0.3 is 0 Å². The van der Waals surface area contributed by atoms with Crippen molar-refractivity contribution >= 4 is 45.4 Å². The van der Waals surface area contributed by atoms with Crippen molar-refractivity contribution in [2.24, 2.45) is 0 Å². The number of fused-ring (bicyclic) bond motifs is 1. The second kappa shape index (κ2) is 9.44. The van der Waals surface area contributed by atoms with E-state index in [2.05, 4.69) is 42.1 Å². The van der Waals surface area contributed by atoms with Crippen molar-refractivity contribution in [2.45, 2.75) is 0 Å². The maximum atomic E-state index is 5.66. The Bertz CT molecular complexity index is 1100. The highest BCUT2D eigenvalue weighted by Crippen LogP contribution is 2.35. The van der Waals surface area contributed by atoms with E-state index in [0.717, 1.165) is 59.4 Å². The molecule has 2 aromatic carbocycles. The van der Waals surface area contributed by atoms with Crippen LogP contribution >= 0.6 is 12.2 Å². The van der Waals surface area contributed by atoms with E-state index in [-0.39, 0.29) is 0 Å². The van der Waals surface area contributed by atoms with Gasteiger partial charge in [0.15, 0.2) is 16.6 Å². The Morgan fingerprint density at radius 1 is 0.969 bits per heavy atom. The van der Waals surface area contributed by atoms with Crippen molar-refractivity contribution in [3.63, 3.8) is 0 Å². The van der Waals surface area contributed by atoms with E-state index >= 15 is 0 Å². The minimum atomic E-state index is 0.657. The molecule has 3 aromatic rings.